The van der Waals surface area contributed by atoms with Crippen molar-refractivity contribution in [1.82, 2.24) is 14.1 Å². The van der Waals surface area contributed by atoms with E-state index < -0.39 is 10.0 Å². The van der Waals surface area contributed by atoms with Gasteiger partial charge < -0.3 is 5.32 Å². The van der Waals surface area contributed by atoms with Crippen LogP contribution >= 0.6 is 11.6 Å². The van der Waals surface area contributed by atoms with Crippen molar-refractivity contribution < 1.29 is 13.2 Å². The summed E-state index contributed by atoms with van der Waals surface area (Å²) >= 11 is 6.07. The molecule has 0 bridgehead atoms. The van der Waals surface area contributed by atoms with Crippen molar-refractivity contribution >= 4 is 33.3 Å². The molecule has 3 aromatic rings. The number of carbonyl (C=O) groups excluding carboxylic acids is 1. The van der Waals surface area contributed by atoms with Gasteiger partial charge in [0.25, 0.3) is 5.91 Å². The minimum absolute atomic E-state index is 0.134. The van der Waals surface area contributed by atoms with Crippen LogP contribution in [0, 0.1) is 6.92 Å². The number of amides is 1. The Hall–Kier alpha value is -2.68. The molecule has 0 fully saturated rings. The van der Waals surface area contributed by atoms with Crippen LogP contribution in [0.4, 0.5) is 5.82 Å². The molecule has 0 atom stereocenters. The number of benzene rings is 2. The third-order valence-corrected chi connectivity index (χ3v) is 6.93. The summed E-state index contributed by atoms with van der Waals surface area (Å²) in [7, 11) is -2.08. The third kappa shape index (κ3) is 4.56. The van der Waals surface area contributed by atoms with Crippen LogP contribution in [0.2, 0.25) is 5.02 Å². The van der Waals surface area contributed by atoms with Gasteiger partial charge in [-0.05, 0) is 63.2 Å². The van der Waals surface area contributed by atoms with Crippen LogP contribution in [-0.4, -0.2) is 41.5 Å². The molecule has 1 N–H and O–H groups in total. The number of halogens is 1. The predicted molar refractivity (Wildman–Crippen MR) is 118 cm³/mol. The number of aryl methyl sites for hydroxylation is 1. The molecule has 1 amide bonds. The fraction of sp³-hybridized carbons (Fsp3) is 0.238. The fourth-order valence-corrected chi connectivity index (χ4v) is 4.36. The van der Waals surface area contributed by atoms with Gasteiger partial charge >= 0.3 is 0 Å². The predicted octanol–water partition coefficient (Wildman–Crippen LogP) is 4.12. The molecular formula is C21H23ClN4O3S. The molecule has 1 heterocycles. The molecule has 0 unspecified atom stereocenters. The molecule has 3 rings (SSSR count). The number of sulfonamides is 1. The monoisotopic (exact) mass is 446 g/mol. The highest BCUT2D eigenvalue weighted by molar-refractivity contribution is 7.89. The maximum absolute atomic E-state index is 12.7. The van der Waals surface area contributed by atoms with Gasteiger partial charge in [0.1, 0.15) is 5.82 Å². The largest absolute Gasteiger partial charge is 0.306 e. The van der Waals surface area contributed by atoms with Crippen molar-refractivity contribution in [3.05, 3.63) is 70.9 Å². The van der Waals surface area contributed by atoms with Gasteiger partial charge in [-0.2, -0.15) is 9.40 Å². The molecule has 1 aromatic heterocycles. The highest BCUT2D eigenvalue weighted by atomic mass is 35.5. The molecule has 0 spiro atoms. The minimum atomic E-state index is -3.61. The van der Waals surface area contributed by atoms with Crippen LogP contribution in [0.15, 0.2) is 59.5 Å². The molecule has 0 aliphatic heterocycles. The van der Waals surface area contributed by atoms with Gasteiger partial charge in [-0.1, -0.05) is 17.7 Å². The number of carbonyl (C=O) groups is 1. The third-order valence-electron chi connectivity index (χ3n) is 4.65. The standard InChI is InChI=1S/C21H23ClN4O3S/c1-14(2)25(4)30(28,29)19-10-8-16(9-11-19)21(27)23-20-12-15(3)24-26(20)18-7-5-6-17(22)13-18/h5-14H,1-4H3,(H,23,27). The summed E-state index contributed by atoms with van der Waals surface area (Å²) in [6.07, 6.45) is 0. The van der Waals surface area contributed by atoms with Crippen molar-refractivity contribution in [1.29, 1.82) is 0 Å². The van der Waals surface area contributed by atoms with Crippen molar-refractivity contribution in [3.8, 4) is 5.69 Å². The van der Waals surface area contributed by atoms with Crippen LogP contribution in [0.5, 0.6) is 0 Å². The molecule has 0 aliphatic carbocycles. The Morgan fingerprint density at radius 3 is 2.40 bits per heavy atom. The second-order valence-corrected chi connectivity index (χ2v) is 9.59. The summed E-state index contributed by atoms with van der Waals surface area (Å²) in [5, 5.41) is 7.79. The summed E-state index contributed by atoms with van der Waals surface area (Å²) in [6.45, 7) is 5.41. The topological polar surface area (TPSA) is 84.3 Å². The van der Waals surface area contributed by atoms with Crippen LogP contribution in [0.25, 0.3) is 5.69 Å². The number of nitrogens with zero attached hydrogens (tertiary/aromatic N) is 3. The minimum Gasteiger partial charge on any atom is -0.306 e. The van der Waals surface area contributed by atoms with Crippen LogP contribution in [-0.2, 0) is 10.0 Å². The van der Waals surface area contributed by atoms with E-state index in [0.717, 1.165) is 5.69 Å². The average Bonchev–Trinajstić information content (AvgIpc) is 3.07. The Bertz CT molecular complexity index is 1170. The molecular weight excluding hydrogens is 424 g/mol. The maximum Gasteiger partial charge on any atom is 0.256 e. The number of hydrogen-bond donors (Lipinski definition) is 1. The molecule has 9 heteroatoms. The van der Waals surface area contributed by atoms with E-state index in [1.165, 1.54) is 35.6 Å². The zero-order valence-electron chi connectivity index (χ0n) is 17.1. The van der Waals surface area contributed by atoms with E-state index in [2.05, 4.69) is 10.4 Å². The van der Waals surface area contributed by atoms with Gasteiger partial charge in [-0.3, -0.25) is 4.79 Å². The van der Waals surface area contributed by atoms with Crippen LogP contribution in [0.3, 0.4) is 0 Å². The summed E-state index contributed by atoms with van der Waals surface area (Å²) in [6, 6.07) is 14.5. The molecule has 0 radical (unpaired) electrons. The Morgan fingerprint density at radius 1 is 1.13 bits per heavy atom. The molecule has 0 aliphatic rings. The fourth-order valence-electron chi connectivity index (χ4n) is 2.80. The molecule has 2 aromatic carbocycles. The lowest BCUT2D eigenvalue weighted by Crippen LogP contribution is -2.33. The molecule has 158 valence electrons. The van der Waals surface area contributed by atoms with Crippen molar-refractivity contribution in [2.24, 2.45) is 0 Å². The van der Waals surface area contributed by atoms with E-state index in [0.29, 0.717) is 22.1 Å². The van der Waals surface area contributed by atoms with Gasteiger partial charge in [0.2, 0.25) is 10.0 Å². The quantitative estimate of drug-likeness (QED) is 0.617. The van der Waals surface area contributed by atoms with Gasteiger partial charge in [0.15, 0.2) is 0 Å². The molecule has 7 nitrogen and oxygen atoms in total. The maximum atomic E-state index is 12.7. The first-order chi connectivity index (χ1) is 14.1. The lowest BCUT2D eigenvalue weighted by atomic mass is 10.2. The Labute approximate surface area is 181 Å². The lowest BCUT2D eigenvalue weighted by Gasteiger charge is -2.21. The van der Waals surface area contributed by atoms with Gasteiger partial charge in [0, 0.05) is 29.7 Å². The van der Waals surface area contributed by atoms with Gasteiger partial charge in [-0.25, -0.2) is 13.1 Å². The second kappa shape index (κ2) is 8.59. The number of rotatable bonds is 6. The number of hydrogen-bond acceptors (Lipinski definition) is 4. The molecule has 0 saturated carbocycles. The normalized spacial score (nSPS) is 11.8. The molecule has 0 saturated heterocycles. The first-order valence-corrected chi connectivity index (χ1v) is 11.1. The summed E-state index contributed by atoms with van der Waals surface area (Å²) < 4.78 is 28.0. The molecule has 30 heavy (non-hydrogen) atoms. The van der Waals surface area contributed by atoms with E-state index in [4.69, 9.17) is 11.6 Å². The Balaban J connectivity index is 1.84. The lowest BCUT2D eigenvalue weighted by molar-refractivity contribution is 0.102. The van der Waals surface area contributed by atoms with Gasteiger partial charge in [0.05, 0.1) is 16.3 Å². The number of aromatic nitrogens is 2. The summed E-state index contributed by atoms with van der Waals surface area (Å²) in [5.41, 5.74) is 1.77. The van der Waals surface area contributed by atoms with E-state index in [-0.39, 0.29) is 16.8 Å². The summed E-state index contributed by atoms with van der Waals surface area (Å²) in [5.74, 6) is 0.107. The second-order valence-electron chi connectivity index (χ2n) is 7.16. The van der Waals surface area contributed by atoms with Gasteiger partial charge in [-0.15, -0.1) is 0 Å². The number of anilines is 1. The van der Waals surface area contributed by atoms with E-state index in [1.54, 1.807) is 42.8 Å². The smallest absolute Gasteiger partial charge is 0.256 e. The Morgan fingerprint density at radius 2 is 1.80 bits per heavy atom. The van der Waals surface area contributed by atoms with Crippen LogP contribution in [0.1, 0.15) is 29.9 Å². The van der Waals surface area contributed by atoms with Crippen molar-refractivity contribution in [2.45, 2.75) is 31.7 Å². The SMILES string of the molecule is Cc1cc(NC(=O)c2ccc(S(=O)(=O)N(C)C(C)C)cc2)n(-c2cccc(Cl)c2)n1. The zero-order chi connectivity index (χ0) is 22.1. The highest BCUT2D eigenvalue weighted by Gasteiger charge is 2.23. The number of nitrogens with one attached hydrogen (secondary N) is 1. The zero-order valence-corrected chi connectivity index (χ0v) is 18.7. The van der Waals surface area contributed by atoms with E-state index in [1.807, 2.05) is 13.0 Å². The highest BCUT2D eigenvalue weighted by Crippen LogP contribution is 2.22. The first kappa shape index (κ1) is 22.0. The Kier molecular flexibility index (Phi) is 6.30. The average molecular weight is 447 g/mol. The van der Waals surface area contributed by atoms with Crippen molar-refractivity contribution in [2.75, 3.05) is 12.4 Å². The first-order valence-electron chi connectivity index (χ1n) is 9.31. The summed E-state index contributed by atoms with van der Waals surface area (Å²) in [4.78, 5) is 12.9. The van der Waals surface area contributed by atoms with E-state index in [9.17, 15) is 13.2 Å². The van der Waals surface area contributed by atoms with E-state index >= 15 is 0 Å². The van der Waals surface area contributed by atoms with Crippen LogP contribution < -0.4 is 5.32 Å². The van der Waals surface area contributed by atoms with Crippen molar-refractivity contribution in [3.63, 3.8) is 0 Å².